The monoisotopic (exact) mass is 238 g/mol. The number of hydrogen-bond donors (Lipinski definition) is 0. The van der Waals surface area contributed by atoms with Gasteiger partial charge in [0, 0.05) is 9.84 Å². The van der Waals surface area contributed by atoms with Gasteiger partial charge in [0.05, 0.1) is 0 Å². The zero-order chi connectivity index (χ0) is 6.91. The Balaban J connectivity index is 2.73. The van der Waals surface area contributed by atoms with Crippen LogP contribution in [0.3, 0.4) is 0 Å². The Bertz CT molecular complexity index is 168. The Morgan fingerprint density at radius 2 is 2.44 bits per heavy atom. The largest absolute Gasteiger partial charge is 0.212 e. The quantitative estimate of drug-likeness (QED) is 0.449. The predicted octanol–water partition coefficient (Wildman–Crippen LogP) is 2.99. The lowest BCUT2D eigenvalue weighted by Gasteiger charge is -2.18. The fraction of sp³-hybridized carbons (Fsp3) is 0.429. The molecule has 0 aromatic heterocycles. The SMILES string of the molecule is CC1(I)C=CC=C(F)C1. The van der Waals surface area contributed by atoms with Crippen LogP contribution in [-0.4, -0.2) is 3.42 Å². The number of allylic oxidation sites excluding steroid dienone is 4. The first-order valence-electron chi connectivity index (χ1n) is 2.83. The van der Waals surface area contributed by atoms with Crippen molar-refractivity contribution in [3.8, 4) is 0 Å². The summed E-state index contributed by atoms with van der Waals surface area (Å²) in [5.74, 6) is -0.0191. The van der Waals surface area contributed by atoms with Crippen LogP contribution in [0.25, 0.3) is 0 Å². The highest BCUT2D eigenvalue weighted by molar-refractivity contribution is 14.1. The third kappa shape index (κ3) is 2.08. The van der Waals surface area contributed by atoms with Crippen molar-refractivity contribution < 1.29 is 4.39 Å². The Kier molecular flexibility index (Phi) is 1.94. The smallest absolute Gasteiger partial charge is 0.102 e. The molecular formula is C7H8FI. The second kappa shape index (κ2) is 2.40. The Morgan fingerprint density at radius 1 is 1.78 bits per heavy atom. The first-order chi connectivity index (χ1) is 4.10. The van der Waals surface area contributed by atoms with E-state index in [4.69, 9.17) is 0 Å². The van der Waals surface area contributed by atoms with Gasteiger partial charge in [-0.25, -0.2) is 4.39 Å². The molecule has 0 saturated heterocycles. The van der Waals surface area contributed by atoms with Crippen LogP contribution in [0.5, 0.6) is 0 Å². The van der Waals surface area contributed by atoms with E-state index >= 15 is 0 Å². The van der Waals surface area contributed by atoms with E-state index in [9.17, 15) is 4.39 Å². The zero-order valence-electron chi connectivity index (χ0n) is 5.20. The van der Waals surface area contributed by atoms with Crippen molar-refractivity contribution in [1.29, 1.82) is 0 Å². The van der Waals surface area contributed by atoms with Crippen molar-refractivity contribution in [2.24, 2.45) is 0 Å². The van der Waals surface area contributed by atoms with E-state index in [0.717, 1.165) is 0 Å². The highest BCUT2D eigenvalue weighted by Crippen LogP contribution is 2.31. The third-order valence-electron chi connectivity index (χ3n) is 1.24. The lowest BCUT2D eigenvalue weighted by Crippen LogP contribution is -2.13. The lowest BCUT2D eigenvalue weighted by atomic mass is 10.0. The summed E-state index contributed by atoms with van der Waals surface area (Å²) in [5, 5.41) is 0. The van der Waals surface area contributed by atoms with Crippen molar-refractivity contribution in [1.82, 2.24) is 0 Å². The average molecular weight is 238 g/mol. The molecule has 0 fully saturated rings. The molecule has 0 aliphatic heterocycles. The summed E-state index contributed by atoms with van der Waals surface area (Å²) in [5.41, 5.74) is 0. The minimum Gasteiger partial charge on any atom is -0.212 e. The molecule has 0 bridgehead atoms. The first kappa shape index (κ1) is 7.25. The van der Waals surface area contributed by atoms with E-state index in [-0.39, 0.29) is 9.25 Å². The molecule has 0 radical (unpaired) electrons. The topological polar surface area (TPSA) is 0 Å². The van der Waals surface area contributed by atoms with Gasteiger partial charge in [-0.05, 0) is 13.0 Å². The number of hydrogen-bond acceptors (Lipinski definition) is 0. The predicted molar refractivity (Wildman–Crippen MR) is 45.4 cm³/mol. The van der Waals surface area contributed by atoms with Crippen molar-refractivity contribution in [3.05, 3.63) is 24.1 Å². The number of rotatable bonds is 0. The van der Waals surface area contributed by atoms with Gasteiger partial charge >= 0.3 is 0 Å². The van der Waals surface area contributed by atoms with Crippen molar-refractivity contribution in [2.75, 3.05) is 0 Å². The first-order valence-corrected chi connectivity index (χ1v) is 3.91. The molecule has 1 aliphatic carbocycles. The Hall–Kier alpha value is 0.140. The van der Waals surface area contributed by atoms with Gasteiger partial charge in [-0.1, -0.05) is 34.7 Å². The maximum absolute atomic E-state index is 12.5. The van der Waals surface area contributed by atoms with Crippen LogP contribution in [0.4, 0.5) is 4.39 Å². The maximum Gasteiger partial charge on any atom is 0.102 e. The van der Waals surface area contributed by atoms with Crippen LogP contribution in [0.2, 0.25) is 0 Å². The van der Waals surface area contributed by atoms with E-state index in [1.54, 1.807) is 6.08 Å². The maximum atomic E-state index is 12.5. The summed E-state index contributed by atoms with van der Waals surface area (Å²) in [7, 11) is 0. The summed E-state index contributed by atoms with van der Waals surface area (Å²) in [6, 6.07) is 0. The second-order valence-corrected chi connectivity index (χ2v) is 4.89. The van der Waals surface area contributed by atoms with Gasteiger partial charge in [0.15, 0.2) is 0 Å². The van der Waals surface area contributed by atoms with E-state index in [1.807, 2.05) is 13.0 Å². The van der Waals surface area contributed by atoms with Crippen molar-refractivity contribution in [3.63, 3.8) is 0 Å². The van der Waals surface area contributed by atoms with Crippen LogP contribution >= 0.6 is 22.6 Å². The fourth-order valence-corrected chi connectivity index (χ4v) is 1.37. The number of alkyl halides is 1. The summed E-state index contributed by atoms with van der Waals surface area (Å²) in [6.07, 6.45) is 5.83. The normalized spacial score (nSPS) is 34.3. The molecular weight excluding hydrogens is 230 g/mol. The molecule has 50 valence electrons. The van der Waals surface area contributed by atoms with Crippen LogP contribution in [0.15, 0.2) is 24.1 Å². The molecule has 0 spiro atoms. The van der Waals surface area contributed by atoms with Gasteiger partial charge in [-0.3, -0.25) is 0 Å². The average Bonchev–Trinajstić information content (AvgIpc) is 1.60. The standard InChI is InChI=1S/C7H8FI/c1-7(9)4-2-3-6(8)5-7/h2-4H,5H2,1H3. The highest BCUT2D eigenvalue weighted by Gasteiger charge is 2.20. The second-order valence-electron chi connectivity index (χ2n) is 2.43. The van der Waals surface area contributed by atoms with E-state index in [2.05, 4.69) is 22.6 Å². The van der Waals surface area contributed by atoms with Gasteiger partial charge < -0.3 is 0 Å². The molecule has 0 heterocycles. The third-order valence-corrected chi connectivity index (χ3v) is 1.98. The molecule has 0 saturated carbocycles. The summed E-state index contributed by atoms with van der Waals surface area (Å²) < 4.78 is 12.5. The molecule has 1 rings (SSSR count). The molecule has 0 amide bonds. The van der Waals surface area contributed by atoms with Crippen LogP contribution in [0, 0.1) is 0 Å². The molecule has 1 unspecified atom stereocenters. The van der Waals surface area contributed by atoms with E-state index in [1.165, 1.54) is 6.08 Å². The van der Waals surface area contributed by atoms with Crippen molar-refractivity contribution in [2.45, 2.75) is 16.8 Å². The fourth-order valence-electron chi connectivity index (χ4n) is 0.801. The Morgan fingerprint density at radius 3 is 2.78 bits per heavy atom. The van der Waals surface area contributed by atoms with Gasteiger partial charge in [0.2, 0.25) is 0 Å². The van der Waals surface area contributed by atoms with E-state index < -0.39 is 0 Å². The molecule has 9 heavy (non-hydrogen) atoms. The Labute approximate surface area is 68.0 Å². The van der Waals surface area contributed by atoms with Crippen LogP contribution in [0.1, 0.15) is 13.3 Å². The minimum atomic E-state index is -0.0191. The zero-order valence-corrected chi connectivity index (χ0v) is 7.35. The van der Waals surface area contributed by atoms with E-state index in [0.29, 0.717) is 6.42 Å². The molecule has 1 aliphatic rings. The van der Waals surface area contributed by atoms with Gasteiger partial charge in [-0.15, -0.1) is 0 Å². The lowest BCUT2D eigenvalue weighted by molar-refractivity contribution is 0.563. The minimum absolute atomic E-state index is 0.00338. The molecule has 0 aromatic rings. The van der Waals surface area contributed by atoms with Crippen LogP contribution < -0.4 is 0 Å². The molecule has 0 N–H and O–H groups in total. The van der Waals surface area contributed by atoms with Gasteiger partial charge in [0.25, 0.3) is 0 Å². The highest BCUT2D eigenvalue weighted by atomic mass is 127. The van der Waals surface area contributed by atoms with Crippen LogP contribution in [-0.2, 0) is 0 Å². The number of halogens is 2. The van der Waals surface area contributed by atoms with Gasteiger partial charge in [-0.2, -0.15) is 0 Å². The summed E-state index contributed by atoms with van der Waals surface area (Å²) in [6.45, 7) is 2.01. The summed E-state index contributed by atoms with van der Waals surface area (Å²) >= 11 is 2.24. The molecule has 0 nitrogen and oxygen atoms in total. The summed E-state index contributed by atoms with van der Waals surface area (Å²) in [4.78, 5) is 0. The molecule has 2 heteroatoms. The molecule has 0 aromatic carbocycles. The molecule has 1 atom stereocenters. The van der Waals surface area contributed by atoms with Crippen molar-refractivity contribution >= 4 is 22.6 Å². The van der Waals surface area contributed by atoms with Gasteiger partial charge in [0.1, 0.15) is 5.83 Å².